The smallest absolute Gasteiger partial charge is 0.258 e. The Hall–Kier alpha value is -2.07. The molecule has 1 aliphatic heterocycles. The Labute approximate surface area is 157 Å². The molecule has 25 heavy (non-hydrogen) atoms. The predicted octanol–water partition coefficient (Wildman–Crippen LogP) is 5.43. The van der Waals surface area contributed by atoms with Gasteiger partial charge in [-0.25, -0.2) is 0 Å². The second kappa shape index (κ2) is 7.87. The van der Waals surface area contributed by atoms with E-state index in [9.17, 15) is 4.79 Å². The van der Waals surface area contributed by atoms with Gasteiger partial charge in [-0.05, 0) is 37.1 Å². The Bertz CT molecular complexity index is 783. The van der Waals surface area contributed by atoms with Gasteiger partial charge in [0, 0.05) is 16.5 Å². The summed E-state index contributed by atoms with van der Waals surface area (Å²) in [5.41, 5.74) is 3.70. The van der Waals surface area contributed by atoms with Crippen molar-refractivity contribution < 1.29 is 9.53 Å². The summed E-state index contributed by atoms with van der Waals surface area (Å²) in [5, 5.41) is 0.784. The molecule has 0 bridgehead atoms. The molecule has 1 aliphatic rings. The van der Waals surface area contributed by atoms with Crippen molar-refractivity contribution in [3.63, 3.8) is 0 Å². The lowest BCUT2D eigenvalue weighted by Gasteiger charge is -2.35. The highest BCUT2D eigenvalue weighted by Gasteiger charge is 2.30. The summed E-state index contributed by atoms with van der Waals surface area (Å²) in [6, 6.07) is 13.7. The molecule has 2 aromatic rings. The number of anilines is 1. The van der Waals surface area contributed by atoms with Crippen LogP contribution >= 0.6 is 15.9 Å². The number of nitrogens with zero attached hydrogens (tertiary/aromatic N) is 1. The first-order chi connectivity index (χ1) is 12.2. The number of hydrogen-bond donors (Lipinski definition) is 0. The van der Waals surface area contributed by atoms with Crippen LogP contribution in [0.15, 0.2) is 48.5 Å². The fourth-order valence-corrected chi connectivity index (χ4v) is 3.37. The maximum atomic E-state index is 13.1. The van der Waals surface area contributed by atoms with Crippen LogP contribution in [0.4, 0.5) is 5.69 Å². The third-order valence-electron chi connectivity index (χ3n) is 4.39. The molecule has 0 aromatic heterocycles. The first-order valence-electron chi connectivity index (χ1n) is 8.57. The van der Waals surface area contributed by atoms with E-state index in [0.29, 0.717) is 12.1 Å². The quantitative estimate of drug-likeness (QED) is 0.641. The number of halogens is 1. The van der Waals surface area contributed by atoms with Gasteiger partial charge in [-0.1, -0.05) is 59.3 Å². The van der Waals surface area contributed by atoms with Crippen LogP contribution in [0.1, 0.15) is 41.8 Å². The lowest BCUT2D eigenvalue weighted by atomic mass is 10.1. The zero-order valence-corrected chi connectivity index (χ0v) is 16.1. The first-order valence-corrected chi connectivity index (χ1v) is 9.69. The summed E-state index contributed by atoms with van der Waals surface area (Å²) < 4.78 is 6.17. The molecule has 130 valence electrons. The minimum Gasteiger partial charge on any atom is -0.486 e. The van der Waals surface area contributed by atoms with Gasteiger partial charge in [0.1, 0.15) is 6.10 Å². The predicted molar refractivity (Wildman–Crippen MR) is 107 cm³/mol. The Morgan fingerprint density at radius 2 is 2.04 bits per heavy atom. The van der Waals surface area contributed by atoms with Crippen LogP contribution in [0, 0.1) is 0 Å². The molecule has 3 rings (SSSR count). The van der Waals surface area contributed by atoms with E-state index in [1.807, 2.05) is 66.4 Å². The largest absolute Gasteiger partial charge is 0.486 e. The summed E-state index contributed by atoms with van der Waals surface area (Å²) in [6.45, 7) is 4.64. The van der Waals surface area contributed by atoms with Gasteiger partial charge < -0.3 is 9.64 Å². The number of fused-ring (bicyclic) bond motifs is 1. The number of para-hydroxylation sites is 1. The third-order valence-corrected chi connectivity index (χ3v) is 5.04. The van der Waals surface area contributed by atoms with Crippen LogP contribution in [0.5, 0.6) is 5.75 Å². The molecule has 1 amide bonds. The van der Waals surface area contributed by atoms with Crippen LogP contribution in [0.2, 0.25) is 0 Å². The van der Waals surface area contributed by atoms with Crippen molar-refractivity contribution in [2.24, 2.45) is 0 Å². The molecule has 1 unspecified atom stereocenters. The summed E-state index contributed by atoms with van der Waals surface area (Å²) in [5.74, 6) is 0.811. The Kier molecular flexibility index (Phi) is 5.59. The molecule has 2 aromatic carbocycles. The molecule has 1 atom stereocenters. The molecular formula is C21H22BrNO2. The van der Waals surface area contributed by atoms with Crippen LogP contribution in [0.25, 0.3) is 6.08 Å². The van der Waals surface area contributed by atoms with Crippen LogP contribution in [-0.4, -0.2) is 18.6 Å². The second-order valence-electron chi connectivity index (χ2n) is 6.09. The molecule has 0 saturated heterocycles. The third kappa shape index (κ3) is 3.64. The van der Waals surface area contributed by atoms with Crippen LogP contribution < -0.4 is 9.64 Å². The summed E-state index contributed by atoms with van der Waals surface area (Å²) in [4.78, 5) is 15.0. The molecule has 0 saturated carbocycles. The number of allylic oxidation sites excluding steroid dienone is 1. The summed E-state index contributed by atoms with van der Waals surface area (Å²) in [7, 11) is 0. The number of ether oxygens (including phenoxy) is 1. The fourth-order valence-electron chi connectivity index (χ4n) is 3.00. The fraction of sp³-hybridized carbons (Fsp3) is 0.286. The number of rotatable bonds is 4. The van der Waals surface area contributed by atoms with E-state index >= 15 is 0 Å². The van der Waals surface area contributed by atoms with Gasteiger partial charge in [-0.3, -0.25) is 4.79 Å². The van der Waals surface area contributed by atoms with E-state index < -0.39 is 0 Å². The molecule has 3 nitrogen and oxygen atoms in total. The molecule has 0 aliphatic carbocycles. The van der Waals surface area contributed by atoms with Crippen molar-refractivity contribution in [3.8, 4) is 5.75 Å². The van der Waals surface area contributed by atoms with E-state index in [1.165, 1.54) is 0 Å². The number of alkyl halides is 1. The number of hydrogen-bond acceptors (Lipinski definition) is 2. The zero-order chi connectivity index (χ0) is 17.8. The van der Waals surface area contributed by atoms with Crippen molar-refractivity contribution in [2.75, 3.05) is 11.4 Å². The molecular weight excluding hydrogens is 378 g/mol. The molecule has 0 N–H and O–H groups in total. The van der Waals surface area contributed by atoms with Gasteiger partial charge in [-0.15, -0.1) is 0 Å². The maximum Gasteiger partial charge on any atom is 0.258 e. The number of amides is 1. The molecule has 0 spiro atoms. The monoisotopic (exact) mass is 399 g/mol. The molecule has 0 radical (unpaired) electrons. The molecule has 0 fully saturated rings. The standard InChI is InChI=1S/C21H22BrNO2/c1-3-6-16-7-5-8-19-20(16)25-18(4-2)14-23(19)21(24)17-11-9-15(13-22)10-12-17/h3,5-12,18H,4,13-14H2,1-2H3/b6-3-. The maximum absolute atomic E-state index is 13.1. The lowest BCUT2D eigenvalue weighted by Crippen LogP contribution is -2.43. The van der Waals surface area contributed by atoms with E-state index in [0.717, 1.165) is 34.3 Å². The highest BCUT2D eigenvalue weighted by molar-refractivity contribution is 9.08. The van der Waals surface area contributed by atoms with Crippen molar-refractivity contribution in [2.45, 2.75) is 31.7 Å². The Morgan fingerprint density at radius 1 is 1.28 bits per heavy atom. The number of carbonyl (C=O) groups excluding carboxylic acids is 1. The Morgan fingerprint density at radius 3 is 2.68 bits per heavy atom. The van der Waals surface area contributed by atoms with Gasteiger partial charge in [0.2, 0.25) is 0 Å². The topological polar surface area (TPSA) is 29.5 Å². The SMILES string of the molecule is C/C=C\c1cccc2c1OC(CC)CN2C(=O)c1ccc(CBr)cc1. The lowest BCUT2D eigenvalue weighted by molar-refractivity contribution is 0.0954. The van der Waals surface area contributed by atoms with Gasteiger partial charge in [0.05, 0.1) is 12.2 Å². The second-order valence-corrected chi connectivity index (χ2v) is 6.65. The van der Waals surface area contributed by atoms with Gasteiger partial charge in [0.15, 0.2) is 5.75 Å². The number of carbonyl (C=O) groups is 1. The normalized spacial score (nSPS) is 16.6. The summed E-state index contributed by atoms with van der Waals surface area (Å²) in [6.07, 6.45) is 4.87. The molecule has 4 heteroatoms. The highest BCUT2D eigenvalue weighted by Crippen LogP contribution is 2.38. The van der Waals surface area contributed by atoms with Crippen molar-refractivity contribution in [3.05, 3.63) is 65.2 Å². The Balaban J connectivity index is 2.01. The summed E-state index contributed by atoms with van der Waals surface area (Å²) >= 11 is 3.44. The van der Waals surface area contributed by atoms with E-state index in [1.54, 1.807) is 0 Å². The van der Waals surface area contributed by atoms with Crippen LogP contribution in [0.3, 0.4) is 0 Å². The van der Waals surface area contributed by atoms with Gasteiger partial charge >= 0.3 is 0 Å². The number of benzene rings is 2. The van der Waals surface area contributed by atoms with E-state index in [4.69, 9.17) is 4.74 Å². The van der Waals surface area contributed by atoms with Crippen LogP contribution in [-0.2, 0) is 5.33 Å². The highest BCUT2D eigenvalue weighted by atomic mass is 79.9. The van der Waals surface area contributed by atoms with Gasteiger partial charge in [-0.2, -0.15) is 0 Å². The minimum atomic E-state index is 0.00433. The van der Waals surface area contributed by atoms with E-state index in [-0.39, 0.29) is 12.0 Å². The first kappa shape index (κ1) is 17.7. The molecule has 1 heterocycles. The average molecular weight is 400 g/mol. The minimum absolute atomic E-state index is 0.00433. The van der Waals surface area contributed by atoms with Crippen molar-refractivity contribution in [1.29, 1.82) is 0 Å². The average Bonchev–Trinajstić information content (AvgIpc) is 2.67. The zero-order valence-electron chi connectivity index (χ0n) is 14.5. The van der Waals surface area contributed by atoms with Gasteiger partial charge in [0.25, 0.3) is 5.91 Å². The van der Waals surface area contributed by atoms with E-state index in [2.05, 4.69) is 22.9 Å². The van der Waals surface area contributed by atoms with Crippen molar-refractivity contribution >= 4 is 33.6 Å². The van der Waals surface area contributed by atoms with Crippen molar-refractivity contribution in [1.82, 2.24) is 0 Å².